The van der Waals surface area contributed by atoms with Gasteiger partial charge in [0.05, 0.1) is 0 Å². The predicted octanol–water partition coefficient (Wildman–Crippen LogP) is 4.14. The Labute approximate surface area is 129 Å². The summed E-state index contributed by atoms with van der Waals surface area (Å²) < 4.78 is 0. The van der Waals surface area contributed by atoms with Crippen molar-refractivity contribution in [2.75, 3.05) is 19.6 Å². The standard InChI is InChI=1S/C19H28N2/c1-14(2)17(5)20-11-12-21(16(4)13-20)18(6)19-9-7-15(3)8-10-19/h7-10,14,16H,5-6,11-13H2,1-4H3. The van der Waals surface area contributed by atoms with Crippen molar-refractivity contribution in [1.29, 1.82) is 0 Å². The summed E-state index contributed by atoms with van der Waals surface area (Å²) in [5.41, 5.74) is 4.90. The first kappa shape index (κ1) is 15.7. The minimum Gasteiger partial charge on any atom is -0.371 e. The van der Waals surface area contributed by atoms with Gasteiger partial charge in [-0.05, 0) is 25.3 Å². The zero-order chi connectivity index (χ0) is 15.6. The van der Waals surface area contributed by atoms with Crippen LogP contribution in [0.4, 0.5) is 0 Å². The first-order valence-corrected chi connectivity index (χ1v) is 7.86. The van der Waals surface area contributed by atoms with E-state index in [0.717, 1.165) is 25.3 Å². The molecule has 1 heterocycles. The van der Waals surface area contributed by atoms with Crippen LogP contribution in [0.25, 0.3) is 5.70 Å². The van der Waals surface area contributed by atoms with Gasteiger partial charge in [-0.3, -0.25) is 0 Å². The van der Waals surface area contributed by atoms with Gasteiger partial charge in [0.25, 0.3) is 0 Å². The summed E-state index contributed by atoms with van der Waals surface area (Å²) in [5, 5.41) is 0. The van der Waals surface area contributed by atoms with Gasteiger partial charge in [0.15, 0.2) is 0 Å². The molecule has 1 aliphatic rings. The van der Waals surface area contributed by atoms with E-state index in [1.54, 1.807) is 0 Å². The van der Waals surface area contributed by atoms with Crippen molar-refractivity contribution in [3.05, 3.63) is 54.2 Å². The molecule has 0 N–H and O–H groups in total. The number of rotatable bonds is 4. The van der Waals surface area contributed by atoms with Gasteiger partial charge >= 0.3 is 0 Å². The molecule has 21 heavy (non-hydrogen) atoms. The van der Waals surface area contributed by atoms with Crippen LogP contribution in [0.5, 0.6) is 0 Å². The number of hydrogen-bond donors (Lipinski definition) is 0. The number of allylic oxidation sites excluding steroid dienone is 1. The van der Waals surface area contributed by atoms with Crippen LogP contribution in [-0.4, -0.2) is 35.5 Å². The van der Waals surface area contributed by atoms with Gasteiger partial charge in [0.2, 0.25) is 0 Å². The van der Waals surface area contributed by atoms with Crippen LogP contribution in [0.2, 0.25) is 0 Å². The fourth-order valence-corrected chi connectivity index (χ4v) is 2.90. The van der Waals surface area contributed by atoms with Gasteiger partial charge in [0.1, 0.15) is 0 Å². The molecule has 1 saturated heterocycles. The minimum atomic E-state index is 0.461. The molecule has 1 fully saturated rings. The third kappa shape index (κ3) is 3.49. The fourth-order valence-electron chi connectivity index (χ4n) is 2.90. The first-order valence-electron chi connectivity index (χ1n) is 7.86. The number of hydrogen-bond acceptors (Lipinski definition) is 2. The molecule has 1 unspecified atom stereocenters. The normalized spacial score (nSPS) is 19.0. The van der Waals surface area contributed by atoms with Crippen molar-refractivity contribution in [2.24, 2.45) is 5.92 Å². The molecule has 114 valence electrons. The van der Waals surface area contributed by atoms with Crippen LogP contribution in [0, 0.1) is 12.8 Å². The Morgan fingerprint density at radius 3 is 2.29 bits per heavy atom. The molecule has 1 aromatic rings. The average molecular weight is 284 g/mol. The molecule has 2 nitrogen and oxygen atoms in total. The molecule has 2 heteroatoms. The zero-order valence-electron chi connectivity index (χ0n) is 13.9. The average Bonchev–Trinajstić information content (AvgIpc) is 2.46. The molecule has 0 aliphatic carbocycles. The lowest BCUT2D eigenvalue weighted by Crippen LogP contribution is -2.50. The SMILES string of the molecule is C=C(C(C)C)N1CCN(C(=C)c2ccc(C)cc2)C(C)C1. The molecule has 0 bridgehead atoms. The van der Waals surface area contributed by atoms with E-state index in [9.17, 15) is 0 Å². The number of aryl methyl sites for hydroxylation is 1. The van der Waals surface area contributed by atoms with Crippen LogP contribution < -0.4 is 0 Å². The van der Waals surface area contributed by atoms with Crippen LogP contribution in [0.1, 0.15) is 31.9 Å². The summed E-state index contributed by atoms with van der Waals surface area (Å²) in [6.07, 6.45) is 0. The molecule has 0 aromatic heterocycles. The van der Waals surface area contributed by atoms with E-state index >= 15 is 0 Å². The Balaban J connectivity index is 2.05. The second-order valence-electron chi connectivity index (χ2n) is 6.45. The molecule has 1 aromatic carbocycles. The second-order valence-corrected chi connectivity index (χ2v) is 6.45. The maximum atomic E-state index is 4.32. The lowest BCUT2D eigenvalue weighted by molar-refractivity contribution is 0.150. The quantitative estimate of drug-likeness (QED) is 0.820. The highest BCUT2D eigenvalue weighted by Crippen LogP contribution is 2.25. The van der Waals surface area contributed by atoms with Crippen molar-refractivity contribution in [3.63, 3.8) is 0 Å². The van der Waals surface area contributed by atoms with E-state index in [0.29, 0.717) is 12.0 Å². The molecule has 2 rings (SSSR count). The lowest BCUT2D eigenvalue weighted by Gasteiger charge is -2.44. The van der Waals surface area contributed by atoms with Gasteiger partial charge in [0, 0.05) is 37.1 Å². The van der Waals surface area contributed by atoms with Gasteiger partial charge in [-0.2, -0.15) is 0 Å². The summed E-state index contributed by atoms with van der Waals surface area (Å²) >= 11 is 0. The van der Waals surface area contributed by atoms with Crippen LogP contribution in [0.15, 0.2) is 43.1 Å². The van der Waals surface area contributed by atoms with Crippen molar-refractivity contribution in [1.82, 2.24) is 9.80 Å². The maximum absolute atomic E-state index is 4.32. The highest BCUT2D eigenvalue weighted by atomic mass is 15.3. The molecule has 1 aliphatic heterocycles. The van der Waals surface area contributed by atoms with E-state index in [-0.39, 0.29) is 0 Å². The molecule has 0 saturated carbocycles. The Morgan fingerprint density at radius 1 is 1.14 bits per heavy atom. The fraction of sp³-hybridized carbons (Fsp3) is 0.474. The van der Waals surface area contributed by atoms with Gasteiger partial charge in [-0.25, -0.2) is 0 Å². The van der Waals surface area contributed by atoms with E-state index in [1.807, 2.05) is 0 Å². The largest absolute Gasteiger partial charge is 0.371 e. The van der Waals surface area contributed by atoms with Crippen molar-refractivity contribution < 1.29 is 0 Å². The number of piperazine rings is 1. The van der Waals surface area contributed by atoms with Crippen LogP contribution >= 0.6 is 0 Å². The highest BCUT2D eigenvalue weighted by Gasteiger charge is 2.26. The minimum absolute atomic E-state index is 0.461. The van der Waals surface area contributed by atoms with E-state index < -0.39 is 0 Å². The van der Waals surface area contributed by atoms with E-state index in [2.05, 4.69) is 74.9 Å². The smallest absolute Gasteiger partial charge is 0.0437 e. The monoisotopic (exact) mass is 284 g/mol. The maximum Gasteiger partial charge on any atom is 0.0437 e. The summed E-state index contributed by atoms with van der Waals surface area (Å²) in [7, 11) is 0. The number of nitrogens with zero attached hydrogens (tertiary/aromatic N) is 2. The van der Waals surface area contributed by atoms with Gasteiger partial charge in [-0.1, -0.05) is 56.8 Å². The van der Waals surface area contributed by atoms with Crippen molar-refractivity contribution in [2.45, 2.75) is 33.7 Å². The third-order valence-electron chi connectivity index (χ3n) is 4.43. The topological polar surface area (TPSA) is 6.48 Å². The first-order chi connectivity index (χ1) is 9.90. The molecule has 1 atom stereocenters. The van der Waals surface area contributed by atoms with E-state index in [4.69, 9.17) is 0 Å². The third-order valence-corrected chi connectivity index (χ3v) is 4.43. The Morgan fingerprint density at radius 2 is 1.76 bits per heavy atom. The molecule has 0 amide bonds. The Kier molecular flexibility index (Phi) is 4.76. The number of benzene rings is 1. The van der Waals surface area contributed by atoms with E-state index in [1.165, 1.54) is 16.8 Å². The summed E-state index contributed by atoms with van der Waals surface area (Å²) in [4.78, 5) is 4.85. The molecular formula is C19H28N2. The van der Waals surface area contributed by atoms with Crippen molar-refractivity contribution >= 4 is 5.70 Å². The van der Waals surface area contributed by atoms with Crippen molar-refractivity contribution in [3.8, 4) is 0 Å². The second kappa shape index (κ2) is 6.38. The Bertz CT molecular complexity index is 513. The lowest BCUT2D eigenvalue weighted by atomic mass is 10.0. The predicted molar refractivity (Wildman–Crippen MR) is 91.9 cm³/mol. The zero-order valence-corrected chi connectivity index (χ0v) is 13.9. The Hall–Kier alpha value is -1.70. The molecule has 0 radical (unpaired) electrons. The summed E-state index contributed by atoms with van der Waals surface area (Å²) in [6, 6.07) is 9.11. The van der Waals surface area contributed by atoms with Crippen LogP contribution in [-0.2, 0) is 0 Å². The van der Waals surface area contributed by atoms with Gasteiger partial charge in [-0.15, -0.1) is 0 Å². The summed E-state index contributed by atoms with van der Waals surface area (Å²) in [5.74, 6) is 0.518. The summed E-state index contributed by atoms with van der Waals surface area (Å²) in [6.45, 7) is 20.5. The van der Waals surface area contributed by atoms with Crippen LogP contribution in [0.3, 0.4) is 0 Å². The van der Waals surface area contributed by atoms with Gasteiger partial charge < -0.3 is 9.80 Å². The molecular weight excluding hydrogens is 256 g/mol. The molecule has 0 spiro atoms. The highest BCUT2D eigenvalue weighted by molar-refractivity contribution is 5.62.